The summed E-state index contributed by atoms with van der Waals surface area (Å²) in [6.07, 6.45) is 2.81. The van der Waals surface area contributed by atoms with Crippen LogP contribution in [0.2, 0.25) is 0 Å². The Morgan fingerprint density at radius 2 is 1.46 bits per heavy atom. The molecule has 1 N–H and O–H groups in total. The van der Waals surface area contributed by atoms with Crippen molar-refractivity contribution in [2.75, 3.05) is 35.5 Å². The summed E-state index contributed by atoms with van der Waals surface area (Å²) in [6.45, 7) is 1.35. The highest BCUT2D eigenvalue weighted by Gasteiger charge is 2.38. The molecule has 0 unspecified atom stereocenters. The number of nitro benzene ring substituents is 1. The molecule has 0 saturated carbocycles. The van der Waals surface area contributed by atoms with Gasteiger partial charge >= 0.3 is 0 Å². The van der Waals surface area contributed by atoms with Crippen molar-refractivity contribution in [2.45, 2.75) is 30.3 Å². The first-order valence-electron chi connectivity index (χ1n) is 14.0. The molecule has 0 radical (unpaired) electrons. The van der Waals surface area contributed by atoms with Crippen LogP contribution < -0.4 is 28.4 Å². The summed E-state index contributed by atoms with van der Waals surface area (Å²) in [6, 6.07) is 4.91. The molecule has 14 nitrogen and oxygen atoms in total. The van der Waals surface area contributed by atoms with Crippen molar-refractivity contribution in [1.29, 1.82) is 0 Å². The molecule has 1 aliphatic heterocycles. The lowest BCUT2D eigenvalue weighted by atomic mass is 9.89. The normalized spacial score (nSPS) is 14.5. The van der Waals surface area contributed by atoms with Crippen LogP contribution in [0.3, 0.4) is 0 Å². The van der Waals surface area contributed by atoms with Gasteiger partial charge in [0.2, 0.25) is 21.7 Å². The Kier molecular flexibility index (Phi) is 11.4. The molecule has 1 aliphatic rings. The van der Waals surface area contributed by atoms with Crippen molar-refractivity contribution < 1.29 is 46.6 Å². The number of nitrogens with zero attached hydrogens (tertiary/aromatic N) is 2. The van der Waals surface area contributed by atoms with Crippen molar-refractivity contribution in [1.82, 2.24) is 9.62 Å². The van der Waals surface area contributed by atoms with E-state index in [-0.39, 0.29) is 39.8 Å². The summed E-state index contributed by atoms with van der Waals surface area (Å²) < 4.78 is 57.0. The number of hydrogen-bond acceptors (Lipinski definition) is 11. The molecule has 0 bridgehead atoms. The second-order valence-electron chi connectivity index (χ2n) is 10.2. The topological polar surface area (TPSA) is 173 Å². The van der Waals surface area contributed by atoms with Gasteiger partial charge < -0.3 is 28.6 Å². The van der Waals surface area contributed by atoms with Gasteiger partial charge in [-0.1, -0.05) is 0 Å². The number of amides is 1. The zero-order valence-electron chi connectivity index (χ0n) is 26.5. The Labute approximate surface area is 293 Å². The lowest BCUT2D eigenvalue weighted by Crippen LogP contribution is -2.47. The highest BCUT2D eigenvalue weighted by molar-refractivity contribution is 9.11. The first-order chi connectivity index (χ1) is 22.7. The average Bonchev–Trinajstić information content (AvgIpc) is 3.08. The monoisotopic (exact) mass is 811 g/mol. The van der Waals surface area contributed by atoms with Gasteiger partial charge in [-0.25, -0.2) is 8.42 Å². The van der Waals surface area contributed by atoms with Gasteiger partial charge in [0.05, 0.1) is 66.4 Å². The summed E-state index contributed by atoms with van der Waals surface area (Å²) in [5.74, 6) is 0.355. The van der Waals surface area contributed by atoms with Crippen molar-refractivity contribution in [3.63, 3.8) is 0 Å². The molecule has 2 atom stereocenters. The second-order valence-corrected chi connectivity index (χ2v) is 13.5. The number of ether oxygens (including phenoxy) is 5. The highest BCUT2D eigenvalue weighted by atomic mass is 79.9. The molecule has 1 heterocycles. The first-order valence-corrected chi connectivity index (χ1v) is 17.0. The number of benzene rings is 3. The third kappa shape index (κ3) is 6.99. The molecular formula is C31H31Br2N3O11S. The van der Waals surface area contributed by atoms with Crippen molar-refractivity contribution in [3.8, 4) is 28.7 Å². The summed E-state index contributed by atoms with van der Waals surface area (Å²) in [5, 5.41) is 11.0. The van der Waals surface area contributed by atoms with E-state index in [0.717, 1.165) is 24.3 Å². The van der Waals surface area contributed by atoms with Gasteiger partial charge in [-0.2, -0.15) is 4.72 Å². The van der Waals surface area contributed by atoms with Crippen molar-refractivity contribution >= 4 is 65.3 Å². The van der Waals surface area contributed by atoms with Gasteiger partial charge in [-0.15, -0.1) is 0 Å². The average molecular weight is 813 g/mol. The van der Waals surface area contributed by atoms with E-state index >= 15 is 0 Å². The van der Waals surface area contributed by atoms with Crippen molar-refractivity contribution in [2.24, 2.45) is 0 Å². The number of non-ortho nitro benzene ring substituents is 1. The number of carbonyl (C=O) groups excluding carboxylic acids is 2. The van der Waals surface area contributed by atoms with Crippen LogP contribution in [0.25, 0.3) is 6.08 Å². The number of Topliss-reactive ketones (excluding diaryl/α,β-unsaturated/α-hetero) is 1. The van der Waals surface area contributed by atoms with E-state index in [9.17, 15) is 28.1 Å². The predicted octanol–water partition coefficient (Wildman–Crippen LogP) is 5.66. The molecule has 48 heavy (non-hydrogen) atoms. The smallest absolute Gasteiger partial charge is 0.269 e. The van der Waals surface area contributed by atoms with Crippen molar-refractivity contribution in [3.05, 3.63) is 78.3 Å². The van der Waals surface area contributed by atoms with Gasteiger partial charge in [-0.05, 0) is 69.1 Å². The SMILES string of the molecule is COc1cc(C(=O)C[C@H]2c3c(Br)c(OC)c(OC)c(Br)c3C=CN2C(=O)[C@@H](C)NS(=O)(=O)c2ccc([N+](=O)[O-])cc2)cc(OC)c1OC. The quantitative estimate of drug-likeness (QED) is 0.128. The molecular weight excluding hydrogens is 782 g/mol. The van der Waals surface area contributed by atoms with Crippen LogP contribution in [0.4, 0.5) is 5.69 Å². The van der Waals surface area contributed by atoms with Gasteiger partial charge in [-0.3, -0.25) is 19.7 Å². The Hall–Kier alpha value is -4.19. The number of nitro groups is 1. The number of sulfonamides is 1. The maximum absolute atomic E-state index is 14.1. The maximum Gasteiger partial charge on any atom is 0.269 e. The molecule has 0 aliphatic carbocycles. The van der Waals surface area contributed by atoms with Crippen LogP contribution in [0, 0.1) is 10.1 Å². The molecule has 256 valence electrons. The summed E-state index contributed by atoms with van der Waals surface area (Å²) in [7, 11) is 2.89. The van der Waals surface area contributed by atoms with Gasteiger partial charge in [0.1, 0.15) is 0 Å². The Bertz CT molecular complexity index is 1880. The van der Waals surface area contributed by atoms with Crippen LogP contribution in [0.1, 0.15) is 40.9 Å². The van der Waals surface area contributed by atoms with Crippen LogP contribution >= 0.6 is 31.9 Å². The zero-order chi connectivity index (χ0) is 35.5. The summed E-state index contributed by atoms with van der Waals surface area (Å²) in [4.78, 5) is 39.4. The molecule has 17 heteroatoms. The number of ketones is 1. The fraction of sp³-hybridized carbons (Fsp3) is 0.290. The third-order valence-corrected chi connectivity index (χ3v) is 10.7. The molecule has 0 aromatic heterocycles. The predicted molar refractivity (Wildman–Crippen MR) is 181 cm³/mol. The Balaban J connectivity index is 1.78. The van der Waals surface area contributed by atoms with E-state index in [4.69, 9.17) is 23.7 Å². The van der Waals surface area contributed by atoms with Crippen LogP contribution in [0.15, 0.2) is 56.4 Å². The van der Waals surface area contributed by atoms with E-state index in [1.165, 1.54) is 65.7 Å². The number of hydrogen-bond donors (Lipinski definition) is 1. The Morgan fingerprint density at radius 3 is 1.96 bits per heavy atom. The minimum absolute atomic E-state index is 0.204. The highest BCUT2D eigenvalue weighted by Crippen LogP contribution is 2.52. The van der Waals surface area contributed by atoms with Gasteiger partial charge in [0, 0.05) is 41.4 Å². The van der Waals surface area contributed by atoms with E-state index < -0.39 is 38.7 Å². The van der Waals surface area contributed by atoms with Gasteiger partial charge in [0.15, 0.2) is 28.8 Å². The molecule has 1 amide bonds. The first kappa shape index (κ1) is 36.6. The standard InChI is InChI=1S/C31H31Br2N3O11S/c1-16(34-48(41,42)19-9-7-18(8-10-19)36(39)40)31(38)35-12-11-20-25(27(33)30(47-6)29(46-5)26(20)32)21(35)15-22(37)17-13-23(43-2)28(45-4)24(14-17)44-3/h7-14,16,21,34H,15H2,1-6H3/t16-,21+/m1/s1. The number of fused-ring (bicyclic) bond motifs is 1. The van der Waals surface area contributed by atoms with Crippen LogP contribution in [0.5, 0.6) is 28.7 Å². The van der Waals surface area contributed by atoms with E-state index in [0.29, 0.717) is 31.6 Å². The molecule has 4 rings (SSSR count). The van der Waals surface area contributed by atoms with Crippen LogP contribution in [-0.2, 0) is 14.8 Å². The molecule has 0 spiro atoms. The summed E-state index contributed by atoms with van der Waals surface area (Å²) in [5.41, 5.74) is 0.987. The maximum atomic E-state index is 14.1. The van der Waals surface area contributed by atoms with Crippen LogP contribution in [-0.4, -0.2) is 71.5 Å². The molecule has 3 aromatic rings. The number of carbonyl (C=O) groups is 2. The lowest BCUT2D eigenvalue weighted by molar-refractivity contribution is -0.384. The Morgan fingerprint density at radius 1 is 0.917 bits per heavy atom. The molecule has 0 fully saturated rings. The number of rotatable bonds is 13. The van der Waals surface area contributed by atoms with E-state index in [2.05, 4.69) is 36.6 Å². The van der Waals surface area contributed by atoms with Gasteiger partial charge in [0.25, 0.3) is 5.69 Å². The molecule has 0 saturated heterocycles. The third-order valence-electron chi connectivity index (χ3n) is 7.53. The fourth-order valence-electron chi connectivity index (χ4n) is 5.22. The number of methoxy groups -OCH3 is 5. The zero-order valence-corrected chi connectivity index (χ0v) is 30.5. The lowest BCUT2D eigenvalue weighted by Gasteiger charge is -2.36. The van der Waals surface area contributed by atoms with E-state index in [1.807, 2.05) is 0 Å². The minimum Gasteiger partial charge on any atom is -0.493 e. The minimum atomic E-state index is -4.29. The number of nitrogens with one attached hydrogen (secondary N) is 1. The molecule has 3 aromatic carbocycles. The fourth-order valence-corrected chi connectivity index (χ4v) is 7.92. The number of halogens is 2. The summed E-state index contributed by atoms with van der Waals surface area (Å²) >= 11 is 7.15. The largest absolute Gasteiger partial charge is 0.493 e. The van der Waals surface area contributed by atoms with E-state index in [1.54, 1.807) is 6.08 Å². The second kappa shape index (κ2) is 14.9.